The summed E-state index contributed by atoms with van der Waals surface area (Å²) in [6.45, 7) is 1.51. The molecular weight excluding hydrogens is 416 g/mol. The van der Waals surface area contributed by atoms with Crippen LogP contribution in [0.3, 0.4) is 0 Å². The number of ether oxygens (including phenoxy) is 1. The van der Waals surface area contributed by atoms with Crippen LogP contribution in [-0.4, -0.2) is 54.7 Å². The van der Waals surface area contributed by atoms with Crippen molar-refractivity contribution in [2.75, 3.05) is 31.6 Å². The average molecular weight is 439 g/mol. The molecule has 8 nitrogen and oxygen atoms in total. The fourth-order valence-electron chi connectivity index (χ4n) is 3.22. The van der Waals surface area contributed by atoms with Crippen LogP contribution in [0.4, 0.5) is 5.69 Å². The van der Waals surface area contributed by atoms with E-state index < -0.39 is 10.0 Å². The summed E-state index contributed by atoms with van der Waals surface area (Å²) in [6, 6.07) is 15.6. The Morgan fingerprint density at radius 3 is 2.48 bits per heavy atom. The van der Waals surface area contributed by atoms with Gasteiger partial charge < -0.3 is 10.1 Å². The molecule has 1 amide bonds. The number of hydrogen-bond donors (Lipinski definition) is 1. The Hall–Kier alpha value is -3.27. The molecule has 9 heteroatoms. The van der Waals surface area contributed by atoms with E-state index in [1.165, 1.54) is 10.4 Å². The Bertz CT molecular complexity index is 1170. The van der Waals surface area contributed by atoms with Gasteiger partial charge in [-0.15, -0.1) is 0 Å². The van der Waals surface area contributed by atoms with E-state index in [1.54, 1.807) is 59.5 Å². The third-order valence-electron chi connectivity index (χ3n) is 4.83. The number of morpholine rings is 1. The molecule has 4 rings (SSSR count). The van der Waals surface area contributed by atoms with Crippen molar-refractivity contribution in [2.24, 2.45) is 0 Å². The molecule has 3 aromatic rings. The van der Waals surface area contributed by atoms with Gasteiger partial charge in [0, 0.05) is 31.6 Å². The summed E-state index contributed by atoms with van der Waals surface area (Å²) in [5.74, 6) is -0.301. The zero-order valence-corrected chi connectivity index (χ0v) is 17.5. The summed E-state index contributed by atoms with van der Waals surface area (Å²) in [5, 5.41) is 7.04. The van der Waals surface area contributed by atoms with E-state index >= 15 is 0 Å². The lowest BCUT2D eigenvalue weighted by Crippen LogP contribution is -2.40. The summed E-state index contributed by atoms with van der Waals surface area (Å²) < 4.78 is 33.7. The molecule has 0 aliphatic carbocycles. The lowest BCUT2D eigenvalue weighted by Gasteiger charge is -2.26. The topological polar surface area (TPSA) is 93.5 Å². The van der Waals surface area contributed by atoms with Gasteiger partial charge in [0.15, 0.2) is 0 Å². The van der Waals surface area contributed by atoms with Crippen LogP contribution in [0.15, 0.2) is 78.0 Å². The Balaban J connectivity index is 1.43. The molecule has 2 aromatic carbocycles. The minimum Gasteiger partial charge on any atom is -0.379 e. The average Bonchev–Trinajstić information content (AvgIpc) is 3.34. The quantitative estimate of drug-likeness (QED) is 0.597. The van der Waals surface area contributed by atoms with Crippen LogP contribution in [0, 0.1) is 0 Å². The second-order valence-corrected chi connectivity index (χ2v) is 8.81. The number of para-hydroxylation sites is 2. The molecule has 160 valence electrons. The third-order valence-corrected chi connectivity index (χ3v) is 6.74. The first-order chi connectivity index (χ1) is 15.0. The first kappa shape index (κ1) is 21.0. The second-order valence-electron chi connectivity index (χ2n) is 6.88. The highest BCUT2D eigenvalue weighted by atomic mass is 32.2. The van der Waals surface area contributed by atoms with Crippen LogP contribution in [0.25, 0.3) is 11.8 Å². The first-order valence-corrected chi connectivity index (χ1v) is 11.2. The van der Waals surface area contributed by atoms with E-state index in [9.17, 15) is 13.2 Å². The highest BCUT2D eigenvalue weighted by Gasteiger charge is 2.25. The molecule has 0 atom stereocenters. The molecule has 0 unspecified atom stereocenters. The molecule has 0 radical (unpaired) electrons. The molecular formula is C22H22N4O4S. The smallest absolute Gasteiger partial charge is 0.248 e. The van der Waals surface area contributed by atoms with Gasteiger partial charge in [-0.1, -0.05) is 24.3 Å². The molecule has 0 bridgehead atoms. The normalized spacial score (nSPS) is 15.2. The predicted octanol–water partition coefficient (Wildman–Crippen LogP) is 2.55. The van der Waals surface area contributed by atoms with E-state index in [-0.39, 0.29) is 10.8 Å². The van der Waals surface area contributed by atoms with E-state index in [0.717, 1.165) is 11.3 Å². The van der Waals surface area contributed by atoms with Gasteiger partial charge in [-0.3, -0.25) is 4.79 Å². The molecule has 1 N–H and O–H groups in total. The van der Waals surface area contributed by atoms with Crippen LogP contribution in [-0.2, 0) is 19.6 Å². The lowest BCUT2D eigenvalue weighted by atomic mass is 10.2. The fraction of sp³-hybridized carbons (Fsp3) is 0.182. The summed E-state index contributed by atoms with van der Waals surface area (Å²) in [4.78, 5) is 12.6. The van der Waals surface area contributed by atoms with E-state index in [1.807, 2.05) is 18.2 Å². The van der Waals surface area contributed by atoms with Gasteiger partial charge in [0.1, 0.15) is 0 Å². The Kier molecular flexibility index (Phi) is 6.26. The molecule has 2 heterocycles. The number of hydrogen-bond acceptors (Lipinski definition) is 5. The first-order valence-electron chi connectivity index (χ1n) is 9.80. The molecule has 1 fully saturated rings. The van der Waals surface area contributed by atoms with Gasteiger partial charge in [-0.25, -0.2) is 13.1 Å². The highest BCUT2D eigenvalue weighted by Crippen LogP contribution is 2.20. The zero-order chi connectivity index (χ0) is 21.7. The second kappa shape index (κ2) is 9.25. The standard InChI is InChI=1S/C22H22N4O4S/c27-22(24-20-4-1-2-5-21(20)26-13-3-12-23-26)11-8-18-6-9-19(10-7-18)31(28,29)25-14-16-30-17-15-25/h1-13H,14-17H2,(H,24,27)/b11-8+. The number of anilines is 1. The molecule has 31 heavy (non-hydrogen) atoms. The van der Waals surface area contributed by atoms with E-state index in [2.05, 4.69) is 10.4 Å². The number of benzene rings is 2. The number of carbonyl (C=O) groups excluding carboxylic acids is 1. The van der Waals surface area contributed by atoms with Crippen LogP contribution in [0.1, 0.15) is 5.56 Å². The van der Waals surface area contributed by atoms with Crippen molar-refractivity contribution < 1.29 is 17.9 Å². The molecule has 1 aromatic heterocycles. The van der Waals surface area contributed by atoms with Crippen molar-refractivity contribution in [3.63, 3.8) is 0 Å². The van der Waals surface area contributed by atoms with Gasteiger partial charge in [-0.2, -0.15) is 9.40 Å². The summed E-state index contributed by atoms with van der Waals surface area (Å²) in [7, 11) is -3.54. The number of rotatable bonds is 6. The SMILES string of the molecule is O=C(/C=C/c1ccc(S(=O)(=O)N2CCOCC2)cc1)Nc1ccccc1-n1cccn1. The molecule has 1 aliphatic heterocycles. The highest BCUT2D eigenvalue weighted by molar-refractivity contribution is 7.89. The largest absolute Gasteiger partial charge is 0.379 e. The van der Waals surface area contributed by atoms with E-state index in [0.29, 0.717) is 32.0 Å². The van der Waals surface area contributed by atoms with Gasteiger partial charge in [0.05, 0.1) is 29.5 Å². The maximum Gasteiger partial charge on any atom is 0.248 e. The van der Waals surface area contributed by atoms with Gasteiger partial charge in [-0.05, 0) is 42.0 Å². The van der Waals surface area contributed by atoms with E-state index in [4.69, 9.17) is 4.74 Å². The van der Waals surface area contributed by atoms with Gasteiger partial charge in [0.2, 0.25) is 15.9 Å². The number of amides is 1. The fourth-order valence-corrected chi connectivity index (χ4v) is 4.63. The van der Waals surface area contributed by atoms with Crippen LogP contribution in [0.5, 0.6) is 0 Å². The Labute approximate surface area is 180 Å². The molecule has 0 saturated carbocycles. The van der Waals surface area contributed by atoms with Gasteiger partial charge in [0.25, 0.3) is 0 Å². The Morgan fingerprint density at radius 1 is 1.03 bits per heavy atom. The molecule has 1 saturated heterocycles. The Morgan fingerprint density at radius 2 is 1.77 bits per heavy atom. The van der Waals surface area contributed by atoms with Crippen LogP contribution < -0.4 is 5.32 Å². The van der Waals surface area contributed by atoms with Crippen molar-refractivity contribution >= 4 is 27.7 Å². The number of sulfonamides is 1. The molecule has 0 spiro atoms. The maximum atomic E-state index is 12.7. The lowest BCUT2D eigenvalue weighted by molar-refractivity contribution is -0.111. The van der Waals surface area contributed by atoms with Crippen LogP contribution in [0.2, 0.25) is 0 Å². The van der Waals surface area contributed by atoms with Crippen molar-refractivity contribution in [1.82, 2.24) is 14.1 Å². The summed E-state index contributed by atoms with van der Waals surface area (Å²) in [5.41, 5.74) is 2.11. The van der Waals surface area contributed by atoms with Crippen molar-refractivity contribution in [3.8, 4) is 5.69 Å². The van der Waals surface area contributed by atoms with Crippen molar-refractivity contribution in [1.29, 1.82) is 0 Å². The minimum absolute atomic E-state index is 0.226. The zero-order valence-electron chi connectivity index (χ0n) is 16.7. The number of aromatic nitrogens is 2. The number of carbonyl (C=O) groups is 1. The van der Waals surface area contributed by atoms with Gasteiger partial charge >= 0.3 is 0 Å². The number of nitrogens with zero attached hydrogens (tertiary/aromatic N) is 3. The maximum absolute atomic E-state index is 12.7. The monoisotopic (exact) mass is 438 g/mol. The van der Waals surface area contributed by atoms with Crippen molar-refractivity contribution in [3.05, 3.63) is 78.6 Å². The summed E-state index contributed by atoms with van der Waals surface area (Å²) >= 11 is 0. The van der Waals surface area contributed by atoms with Crippen molar-refractivity contribution in [2.45, 2.75) is 4.90 Å². The minimum atomic E-state index is -3.54. The predicted molar refractivity (Wildman–Crippen MR) is 117 cm³/mol. The van der Waals surface area contributed by atoms with Crippen LogP contribution >= 0.6 is 0 Å². The molecule has 1 aliphatic rings. The third kappa shape index (κ3) is 4.91. The summed E-state index contributed by atoms with van der Waals surface area (Å²) in [6.07, 6.45) is 6.51. The number of nitrogens with one attached hydrogen (secondary N) is 1.